The van der Waals surface area contributed by atoms with Gasteiger partial charge in [-0.1, -0.05) is 55.7 Å². The van der Waals surface area contributed by atoms with Gasteiger partial charge in [0.15, 0.2) is 11.5 Å². The topological polar surface area (TPSA) is 147 Å². The first-order valence-corrected chi connectivity index (χ1v) is 21.1. The van der Waals surface area contributed by atoms with Crippen LogP contribution in [0, 0.1) is 11.3 Å². The van der Waals surface area contributed by atoms with Crippen LogP contribution >= 0.6 is 11.6 Å². The monoisotopic (exact) mass is 825 g/mol. The number of hydrogen-bond donors (Lipinski definition) is 3. The van der Waals surface area contributed by atoms with Crippen LogP contribution in [0.25, 0.3) is 12.2 Å². The number of aliphatic hydroxyl groups is 2. The highest BCUT2D eigenvalue weighted by atomic mass is 35.5. The van der Waals surface area contributed by atoms with Gasteiger partial charge in [0.25, 0.3) is 0 Å². The van der Waals surface area contributed by atoms with Crippen molar-refractivity contribution < 1.29 is 43.7 Å². The predicted octanol–water partition coefficient (Wildman–Crippen LogP) is 7.56. The number of ether oxygens (including phenoxy) is 6. The van der Waals surface area contributed by atoms with E-state index in [1.54, 1.807) is 17.9 Å². The van der Waals surface area contributed by atoms with E-state index in [0.717, 1.165) is 60.4 Å². The van der Waals surface area contributed by atoms with Crippen molar-refractivity contribution in [3.8, 4) is 23.0 Å². The van der Waals surface area contributed by atoms with E-state index in [1.807, 2.05) is 65.1 Å². The maximum atomic E-state index is 11.2. The third kappa shape index (κ3) is 12.2. The molecule has 0 saturated heterocycles. The molecular formula is C45H64ClN3O9. The van der Waals surface area contributed by atoms with E-state index in [0.29, 0.717) is 87.3 Å². The quantitative estimate of drug-likeness (QED) is 0.0377. The largest absolute Gasteiger partial charge is 0.507 e. The van der Waals surface area contributed by atoms with E-state index in [2.05, 4.69) is 22.5 Å². The molecular weight excluding hydrogens is 762 g/mol. The van der Waals surface area contributed by atoms with Crippen molar-refractivity contribution in [1.82, 2.24) is 15.0 Å². The second-order valence-corrected chi connectivity index (χ2v) is 16.8. The first-order valence-electron chi connectivity index (χ1n) is 20.6. The summed E-state index contributed by atoms with van der Waals surface area (Å²) in [6.07, 6.45) is 12.0. The highest BCUT2D eigenvalue weighted by molar-refractivity contribution is 6.17. The lowest BCUT2D eigenvalue weighted by atomic mass is 9.57. The first-order chi connectivity index (χ1) is 27.8. The number of aromatic nitrogens is 3. The third-order valence-electron chi connectivity index (χ3n) is 11.2. The van der Waals surface area contributed by atoms with Crippen LogP contribution in [0.4, 0.5) is 0 Å². The van der Waals surface area contributed by atoms with Crippen molar-refractivity contribution in [2.24, 2.45) is 11.3 Å². The summed E-state index contributed by atoms with van der Waals surface area (Å²) in [5.41, 5.74) is 3.88. The normalized spacial score (nSPS) is 21.0. The van der Waals surface area contributed by atoms with E-state index in [-0.39, 0.29) is 18.3 Å². The molecule has 58 heavy (non-hydrogen) atoms. The third-order valence-corrected chi connectivity index (χ3v) is 11.5. The fourth-order valence-corrected chi connectivity index (χ4v) is 8.19. The van der Waals surface area contributed by atoms with E-state index in [9.17, 15) is 15.3 Å². The zero-order valence-corrected chi connectivity index (χ0v) is 35.9. The Bertz CT molecular complexity index is 1820. The molecule has 13 heteroatoms. The molecule has 3 aromatic rings. The number of nitrogens with zero attached hydrogens (tertiary/aromatic N) is 3. The SMILES string of the molecule is COc1cc(/C=C/c2cc(O)c(CC=C(C)C)c(OCc3cn(CCOCCOCCOCCCCCCCl)nn3)c2)cc2c1O[C@]1(C)C[C@@H](O)[C@@H](O)C(C)(C)C1C2. The molecule has 1 fully saturated rings. The Balaban J connectivity index is 1.17. The van der Waals surface area contributed by atoms with Crippen molar-refractivity contribution >= 4 is 23.8 Å². The van der Waals surface area contributed by atoms with Gasteiger partial charge in [-0.25, -0.2) is 4.68 Å². The lowest BCUT2D eigenvalue weighted by molar-refractivity contribution is -0.187. The minimum absolute atomic E-state index is 0.0252. The lowest BCUT2D eigenvalue weighted by Gasteiger charge is -2.56. The molecule has 3 N–H and O–H groups in total. The van der Waals surface area contributed by atoms with E-state index >= 15 is 0 Å². The summed E-state index contributed by atoms with van der Waals surface area (Å²) < 4.78 is 37.4. The number of fused-ring (bicyclic) bond motifs is 2. The Morgan fingerprint density at radius 2 is 1.59 bits per heavy atom. The zero-order chi connectivity index (χ0) is 41.7. The fraction of sp³-hybridized carbons (Fsp3) is 0.600. The summed E-state index contributed by atoms with van der Waals surface area (Å²) in [7, 11) is 1.62. The molecule has 1 aliphatic heterocycles. The molecule has 1 unspecified atom stereocenters. The Morgan fingerprint density at radius 3 is 2.29 bits per heavy atom. The maximum absolute atomic E-state index is 11.2. The molecule has 12 nitrogen and oxygen atoms in total. The number of methoxy groups -OCH3 is 1. The molecule has 4 atom stereocenters. The van der Waals surface area contributed by atoms with Crippen LogP contribution in [-0.2, 0) is 40.2 Å². The molecule has 320 valence electrons. The summed E-state index contributed by atoms with van der Waals surface area (Å²) in [4.78, 5) is 0. The number of aromatic hydroxyl groups is 1. The minimum Gasteiger partial charge on any atom is -0.507 e. The highest BCUT2D eigenvalue weighted by Gasteiger charge is 2.58. The number of alkyl halides is 1. The Morgan fingerprint density at radius 1 is 0.914 bits per heavy atom. The second-order valence-electron chi connectivity index (χ2n) is 16.5. The van der Waals surface area contributed by atoms with Crippen molar-refractivity contribution in [2.75, 3.05) is 52.6 Å². The van der Waals surface area contributed by atoms with Gasteiger partial charge in [-0.3, -0.25) is 0 Å². The molecule has 0 bridgehead atoms. The Kier molecular flexibility index (Phi) is 16.9. The van der Waals surface area contributed by atoms with Gasteiger partial charge in [-0.15, -0.1) is 16.7 Å². The van der Waals surface area contributed by atoms with Crippen LogP contribution in [0.2, 0.25) is 0 Å². The fourth-order valence-electron chi connectivity index (χ4n) is 8.00. The Labute approximate surface area is 349 Å². The smallest absolute Gasteiger partial charge is 0.165 e. The molecule has 0 radical (unpaired) electrons. The zero-order valence-electron chi connectivity index (χ0n) is 35.2. The molecule has 2 aliphatic rings. The lowest BCUT2D eigenvalue weighted by Crippen LogP contribution is -2.63. The number of allylic oxidation sites excluding steroid dienone is 2. The van der Waals surface area contributed by atoms with E-state index in [4.69, 9.17) is 40.0 Å². The first kappa shape index (κ1) is 45.4. The predicted molar refractivity (Wildman–Crippen MR) is 226 cm³/mol. The van der Waals surface area contributed by atoms with Gasteiger partial charge in [-0.05, 0) is 87.4 Å². The van der Waals surface area contributed by atoms with Crippen molar-refractivity contribution in [3.63, 3.8) is 0 Å². The van der Waals surface area contributed by atoms with Gasteiger partial charge in [0, 0.05) is 35.8 Å². The number of rotatable bonds is 23. The van der Waals surface area contributed by atoms with Crippen molar-refractivity contribution in [2.45, 2.75) is 111 Å². The van der Waals surface area contributed by atoms with Crippen LogP contribution in [0.3, 0.4) is 0 Å². The molecule has 0 amide bonds. The summed E-state index contributed by atoms with van der Waals surface area (Å²) in [6, 6.07) is 7.66. The number of unbranched alkanes of at least 4 members (excludes halogenated alkanes) is 3. The van der Waals surface area contributed by atoms with Gasteiger partial charge in [0.2, 0.25) is 0 Å². The van der Waals surface area contributed by atoms with Crippen LogP contribution < -0.4 is 14.2 Å². The highest BCUT2D eigenvalue weighted by Crippen LogP contribution is 2.55. The van der Waals surface area contributed by atoms with E-state index in [1.165, 1.54) is 0 Å². The second kappa shape index (κ2) is 21.6. The van der Waals surface area contributed by atoms with Gasteiger partial charge in [0.05, 0.1) is 65.1 Å². The summed E-state index contributed by atoms with van der Waals surface area (Å²) in [5, 5.41) is 41.3. The number of phenols is 1. The van der Waals surface area contributed by atoms with Gasteiger partial charge < -0.3 is 43.7 Å². The number of aliphatic hydroxyl groups excluding tert-OH is 2. The number of hydrogen-bond acceptors (Lipinski definition) is 11. The number of benzene rings is 2. The van der Waals surface area contributed by atoms with Gasteiger partial charge in [-0.2, -0.15) is 0 Å². The molecule has 5 rings (SSSR count). The summed E-state index contributed by atoms with van der Waals surface area (Å²) in [5.74, 6) is 2.66. The molecule has 2 heterocycles. The number of halogens is 1. The summed E-state index contributed by atoms with van der Waals surface area (Å²) >= 11 is 5.70. The molecule has 2 aromatic carbocycles. The van der Waals surface area contributed by atoms with Crippen LogP contribution in [0.5, 0.6) is 23.0 Å². The van der Waals surface area contributed by atoms with Gasteiger partial charge >= 0.3 is 0 Å². The van der Waals surface area contributed by atoms with Crippen LogP contribution in [0.15, 0.2) is 42.1 Å². The molecule has 0 spiro atoms. The average Bonchev–Trinajstić information content (AvgIpc) is 3.65. The summed E-state index contributed by atoms with van der Waals surface area (Å²) in [6.45, 7) is 14.1. The minimum atomic E-state index is -0.872. The van der Waals surface area contributed by atoms with Crippen molar-refractivity contribution in [1.29, 1.82) is 0 Å². The molecule has 1 aromatic heterocycles. The van der Waals surface area contributed by atoms with Crippen molar-refractivity contribution in [3.05, 3.63) is 70.1 Å². The standard InChI is InChI=1S/C45H64ClN3O9/c1-31(2)11-14-36-37(50)24-33(13-12-32-23-34-27-41-44(3,4)43(52)38(51)28-45(41,5)58-42(34)40(26-32)53-6)25-39(36)57-30-35-29-49(48-47-35)16-18-55-20-22-56-21-19-54-17-10-8-7-9-15-46/h11-13,23-26,29,38,41,43,50-52H,7-10,14-22,27-28,30H2,1-6H3/b13-12+/t38-,41?,43-,45-/m1/s1. The van der Waals surface area contributed by atoms with Crippen LogP contribution in [0.1, 0.15) is 94.7 Å². The number of phenolic OH excluding ortho intramolecular Hbond substituents is 1. The van der Waals surface area contributed by atoms with Crippen LogP contribution in [-0.4, -0.2) is 101 Å². The maximum Gasteiger partial charge on any atom is 0.165 e. The molecule has 1 saturated carbocycles. The molecule has 1 aliphatic carbocycles. The van der Waals surface area contributed by atoms with E-state index < -0.39 is 23.2 Å². The van der Waals surface area contributed by atoms with Gasteiger partial charge in [0.1, 0.15) is 29.4 Å². The Hall–Kier alpha value is -3.65. The average molecular weight is 826 g/mol.